The Balaban J connectivity index is 1.72. The van der Waals surface area contributed by atoms with Crippen LogP contribution in [0.5, 0.6) is 0 Å². The number of nitrogens with one attached hydrogen (secondary N) is 1. The summed E-state index contributed by atoms with van der Waals surface area (Å²) in [4.78, 5) is 2.45. The lowest BCUT2D eigenvalue weighted by Crippen LogP contribution is -2.42. The van der Waals surface area contributed by atoms with E-state index in [1.165, 1.54) is 45.1 Å². The largest absolute Gasteiger partial charge is 0.363 e. The first-order valence-corrected chi connectivity index (χ1v) is 6.76. The van der Waals surface area contributed by atoms with Crippen LogP contribution in [0.1, 0.15) is 45.4 Å². The van der Waals surface area contributed by atoms with Gasteiger partial charge in [0.25, 0.3) is 0 Å². The normalized spacial score (nSPS) is 20.1. The van der Waals surface area contributed by atoms with Crippen LogP contribution in [0.2, 0.25) is 0 Å². The van der Waals surface area contributed by atoms with E-state index in [1.54, 1.807) is 0 Å². The Labute approximate surface area is 98.4 Å². The quantitative estimate of drug-likeness (QED) is 0.553. The zero-order valence-electron chi connectivity index (χ0n) is 9.67. The first kappa shape index (κ1) is 11.2. The third kappa shape index (κ3) is 3.63. The maximum absolute atomic E-state index is 5.47. The Bertz CT molecular complexity index is 222. The fourth-order valence-corrected chi connectivity index (χ4v) is 2.16. The third-order valence-corrected chi connectivity index (χ3v) is 3.59. The summed E-state index contributed by atoms with van der Waals surface area (Å²) >= 11 is 5.47. The van der Waals surface area contributed by atoms with E-state index in [4.69, 9.17) is 12.2 Å². The maximum atomic E-state index is 5.47. The van der Waals surface area contributed by atoms with Gasteiger partial charge < -0.3 is 10.2 Å². The zero-order valence-corrected chi connectivity index (χ0v) is 10.5. The minimum absolute atomic E-state index is 0.771. The molecule has 2 nitrogen and oxygen atoms in total. The second-order valence-corrected chi connectivity index (χ2v) is 5.30. The summed E-state index contributed by atoms with van der Waals surface area (Å²) in [5.41, 5.74) is 0. The molecule has 1 N–H and O–H groups in total. The van der Waals surface area contributed by atoms with E-state index in [1.807, 2.05) is 0 Å². The molecule has 2 aliphatic rings. The molecule has 86 valence electrons. The van der Waals surface area contributed by atoms with Gasteiger partial charge in [0.05, 0.1) is 0 Å². The van der Waals surface area contributed by atoms with Crippen molar-refractivity contribution >= 4 is 17.3 Å². The minimum atomic E-state index is 0.771. The molecule has 0 heterocycles. The van der Waals surface area contributed by atoms with Crippen LogP contribution >= 0.6 is 12.2 Å². The minimum Gasteiger partial charge on any atom is -0.363 e. The molecule has 2 fully saturated rings. The molecule has 0 amide bonds. The molecule has 0 spiro atoms. The smallest absolute Gasteiger partial charge is 0.169 e. The summed E-state index contributed by atoms with van der Waals surface area (Å²) < 4.78 is 0. The van der Waals surface area contributed by atoms with E-state index < -0.39 is 0 Å². The van der Waals surface area contributed by atoms with Crippen LogP contribution in [-0.4, -0.2) is 29.1 Å². The molecule has 0 saturated heterocycles. The molecule has 0 aromatic rings. The van der Waals surface area contributed by atoms with Crippen LogP contribution in [0.3, 0.4) is 0 Å². The van der Waals surface area contributed by atoms with E-state index in [0.29, 0.717) is 0 Å². The third-order valence-electron chi connectivity index (χ3n) is 3.21. The number of hydrogen-bond acceptors (Lipinski definition) is 1. The van der Waals surface area contributed by atoms with Gasteiger partial charge in [-0.15, -0.1) is 0 Å². The van der Waals surface area contributed by atoms with E-state index in [9.17, 15) is 0 Å². The Morgan fingerprint density at radius 2 is 2.07 bits per heavy atom. The van der Waals surface area contributed by atoms with Crippen molar-refractivity contribution in [3.63, 3.8) is 0 Å². The van der Waals surface area contributed by atoms with Crippen LogP contribution in [0.4, 0.5) is 0 Å². The van der Waals surface area contributed by atoms with Crippen molar-refractivity contribution in [2.75, 3.05) is 13.1 Å². The first-order valence-electron chi connectivity index (χ1n) is 6.35. The second kappa shape index (κ2) is 5.15. The fraction of sp³-hybridized carbons (Fsp3) is 0.917. The number of thiocarbonyl (C=S) groups is 1. The lowest BCUT2D eigenvalue weighted by atomic mass is 10.3. The summed E-state index contributed by atoms with van der Waals surface area (Å²) in [5, 5.41) is 4.41. The van der Waals surface area contributed by atoms with Gasteiger partial charge in [-0.25, -0.2) is 0 Å². The van der Waals surface area contributed by atoms with Gasteiger partial charge in [0.1, 0.15) is 0 Å². The van der Waals surface area contributed by atoms with Gasteiger partial charge in [0.15, 0.2) is 5.11 Å². The van der Waals surface area contributed by atoms with Gasteiger partial charge in [0, 0.05) is 19.1 Å². The van der Waals surface area contributed by atoms with Crippen molar-refractivity contribution in [1.29, 1.82) is 0 Å². The molecule has 15 heavy (non-hydrogen) atoms. The molecule has 0 unspecified atom stereocenters. The average molecular weight is 226 g/mol. The molecule has 0 radical (unpaired) electrons. The predicted octanol–water partition coefficient (Wildman–Crippen LogP) is 2.54. The standard InChI is InChI=1S/C12H22N2S/c1-2-3-8-13-12(15)14(11-6-7-11)9-10-4-5-10/h10-11H,2-9H2,1H3,(H,13,15). The monoisotopic (exact) mass is 226 g/mol. The second-order valence-electron chi connectivity index (χ2n) is 4.91. The van der Waals surface area contributed by atoms with Gasteiger partial charge >= 0.3 is 0 Å². The number of hydrogen-bond donors (Lipinski definition) is 1. The maximum Gasteiger partial charge on any atom is 0.169 e. The zero-order chi connectivity index (χ0) is 10.7. The summed E-state index contributed by atoms with van der Waals surface area (Å²) in [6.07, 6.45) is 8.00. The van der Waals surface area contributed by atoms with Crippen molar-refractivity contribution in [3.05, 3.63) is 0 Å². The highest BCUT2D eigenvalue weighted by Gasteiger charge is 2.34. The van der Waals surface area contributed by atoms with Crippen LogP contribution < -0.4 is 5.32 Å². The molecule has 0 aliphatic heterocycles. The van der Waals surface area contributed by atoms with Crippen LogP contribution in [-0.2, 0) is 0 Å². The van der Waals surface area contributed by atoms with Crippen molar-refractivity contribution in [2.45, 2.75) is 51.5 Å². The van der Waals surface area contributed by atoms with Gasteiger partial charge in [-0.2, -0.15) is 0 Å². The number of unbranched alkanes of at least 4 members (excludes halogenated alkanes) is 1. The lowest BCUT2D eigenvalue weighted by Gasteiger charge is -2.25. The molecular formula is C12H22N2S. The molecule has 0 bridgehead atoms. The Morgan fingerprint density at radius 3 is 2.60 bits per heavy atom. The molecule has 0 atom stereocenters. The van der Waals surface area contributed by atoms with Gasteiger partial charge in [-0.05, 0) is 50.2 Å². The molecule has 3 heteroatoms. The van der Waals surface area contributed by atoms with Crippen molar-refractivity contribution in [3.8, 4) is 0 Å². The van der Waals surface area contributed by atoms with E-state index in [-0.39, 0.29) is 0 Å². The summed E-state index contributed by atoms with van der Waals surface area (Å²) in [7, 11) is 0. The highest BCUT2D eigenvalue weighted by molar-refractivity contribution is 7.80. The van der Waals surface area contributed by atoms with E-state index >= 15 is 0 Å². The molecule has 2 saturated carbocycles. The predicted molar refractivity (Wildman–Crippen MR) is 68.0 cm³/mol. The topological polar surface area (TPSA) is 15.3 Å². The Morgan fingerprint density at radius 1 is 1.33 bits per heavy atom. The van der Waals surface area contributed by atoms with Crippen LogP contribution in [0, 0.1) is 5.92 Å². The molecule has 0 aromatic heterocycles. The van der Waals surface area contributed by atoms with Crippen molar-refractivity contribution in [2.24, 2.45) is 5.92 Å². The molecular weight excluding hydrogens is 204 g/mol. The Kier molecular flexibility index (Phi) is 3.84. The highest BCUT2D eigenvalue weighted by Crippen LogP contribution is 2.34. The highest BCUT2D eigenvalue weighted by atomic mass is 32.1. The lowest BCUT2D eigenvalue weighted by molar-refractivity contribution is 0.384. The first-order chi connectivity index (χ1) is 7.31. The van der Waals surface area contributed by atoms with Crippen molar-refractivity contribution in [1.82, 2.24) is 10.2 Å². The summed E-state index contributed by atoms with van der Waals surface area (Å²) in [6.45, 7) is 4.47. The van der Waals surface area contributed by atoms with E-state index in [0.717, 1.165) is 23.6 Å². The number of nitrogens with zero attached hydrogens (tertiary/aromatic N) is 1. The number of rotatable bonds is 6. The van der Waals surface area contributed by atoms with Gasteiger partial charge in [0.2, 0.25) is 0 Å². The summed E-state index contributed by atoms with van der Waals surface area (Å²) in [6, 6.07) is 0.771. The van der Waals surface area contributed by atoms with Gasteiger partial charge in [-0.1, -0.05) is 13.3 Å². The Hall–Kier alpha value is -0.310. The molecule has 2 aliphatic carbocycles. The van der Waals surface area contributed by atoms with Crippen molar-refractivity contribution < 1.29 is 0 Å². The fourth-order valence-electron chi connectivity index (χ4n) is 1.84. The van der Waals surface area contributed by atoms with Crippen LogP contribution in [0.25, 0.3) is 0 Å². The average Bonchev–Trinajstić information content (AvgIpc) is 3.06. The molecule has 0 aromatic carbocycles. The summed E-state index contributed by atoms with van der Waals surface area (Å²) in [5.74, 6) is 0.941. The van der Waals surface area contributed by atoms with E-state index in [2.05, 4.69) is 17.1 Å². The van der Waals surface area contributed by atoms with Crippen LogP contribution in [0.15, 0.2) is 0 Å². The molecule has 2 rings (SSSR count). The van der Waals surface area contributed by atoms with Gasteiger partial charge in [-0.3, -0.25) is 0 Å². The SMILES string of the molecule is CCCCNC(=S)N(CC1CC1)C1CC1.